The summed E-state index contributed by atoms with van der Waals surface area (Å²) in [5.41, 5.74) is 5.87. The molecule has 4 heterocycles. The maximum atomic E-state index is 11.2. The zero-order chi connectivity index (χ0) is 25.9. The lowest BCUT2D eigenvalue weighted by atomic mass is 9.88. The van der Waals surface area contributed by atoms with Crippen LogP contribution in [0.3, 0.4) is 0 Å². The van der Waals surface area contributed by atoms with Crippen LogP contribution in [0.25, 0.3) is 22.2 Å². The van der Waals surface area contributed by atoms with Crippen molar-refractivity contribution < 1.29 is 15.0 Å². The number of likely N-dealkylation sites (tertiary alicyclic amines) is 1. The number of nitrogens with zero attached hydrogens (tertiary/aromatic N) is 4. The van der Waals surface area contributed by atoms with E-state index in [9.17, 15) is 4.79 Å². The minimum Gasteiger partial charge on any atom is -0.478 e. The summed E-state index contributed by atoms with van der Waals surface area (Å²) in [5, 5.41) is 22.4. The average molecular weight is 500 g/mol. The van der Waals surface area contributed by atoms with E-state index in [4.69, 9.17) is 10.2 Å². The largest absolute Gasteiger partial charge is 0.478 e. The predicted octanol–water partition coefficient (Wildman–Crippen LogP) is 4.68. The first-order valence-electron chi connectivity index (χ1n) is 12.8. The van der Waals surface area contributed by atoms with Crippen molar-refractivity contribution in [2.24, 2.45) is 7.05 Å². The maximum absolute atomic E-state index is 11.2. The third kappa shape index (κ3) is 5.08. The maximum Gasteiger partial charge on any atom is 0.335 e. The van der Waals surface area contributed by atoms with E-state index >= 15 is 0 Å². The average Bonchev–Trinajstić information content (AvgIpc) is 3.28. The fraction of sp³-hybridized carbons (Fsp3) is 0.345. The second-order valence-electron chi connectivity index (χ2n) is 9.72. The Morgan fingerprint density at radius 2 is 1.86 bits per heavy atom. The number of carboxylic acids is 1. The number of carbonyl (C=O) groups is 1. The van der Waals surface area contributed by atoms with E-state index < -0.39 is 5.97 Å². The third-order valence-electron chi connectivity index (χ3n) is 7.59. The number of nitrogens with one attached hydrogen (secondary N) is 1. The molecule has 1 aromatic carbocycles. The molecule has 3 N–H and O–H groups in total. The Kier molecular flexibility index (Phi) is 7.21. The molecule has 5 rings (SSSR count). The number of rotatable bonds is 8. The van der Waals surface area contributed by atoms with Gasteiger partial charge >= 0.3 is 5.97 Å². The van der Waals surface area contributed by atoms with Crippen LogP contribution >= 0.6 is 0 Å². The van der Waals surface area contributed by atoms with Gasteiger partial charge in [-0.3, -0.25) is 4.90 Å². The highest BCUT2D eigenvalue weighted by Gasteiger charge is 2.27. The molecule has 1 saturated heterocycles. The van der Waals surface area contributed by atoms with Crippen LogP contribution in [0.5, 0.6) is 0 Å². The van der Waals surface area contributed by atoms with E-state index in [1.807, 2.05) is 42.7 Å². The van der Waals surface area contributed by atoms with Gasteiger partial charge in [-0.2, -0.15) is 0 Å². The Hall–Kier alpha value is -3.75. The zero-order valence-corrected chi connectivity index (χ0v) is 21.3. The van der Waals surface area contributed by atoms with E-state index in [0.29, 0.717) is 18.0 Å². The minimum absolute atomic E-state index is 0.0664. The summed E-state index contributed by atoms with van der Waals surface area (Å²) in [6, 6.07) is 15.9. The Balaban J connectivity index is 1.33. The van der Waals surface area contributed by atoms with Crippen LogP contribution in [-0.4, -0.2) is 61.9 Å². The van der Waals surface area contributed by atoms with Crippen LogP contribution in [0.15, 0.2) is 60.9 Å². The molecular weight excluding hydrogens is 466 g/mol. The van der Waals surface area contributed by atoms with Gasteiger partial charge in [-0.05, 0) is 86.3 Å². The zero-order valence-electron chi connectivity index (χ0n) is 21.3. The van der Waals surface area contributed by atoms with Crippen LogP contribution in [0.1, 0.15) is 53.3 Å². The molecule has 0 spiro atoms. The number of hydrogen-bond acceptors (Lipinski definition) is 6. The van der Waals surface area contributed by atoms with Crippen molar-refractivity contribution in [2.75, 3.05) is 31.6 Å². The molecule has 1 fully saturated rings. The van der Waals surface area contributed by atoms with Gasteiger partial charge in [0.05, 0.1) is 12.2 Å². The van der Waals surface area contributed by atoms with E-state index in [0.717, 1.165) is 53.9 Å². The molecule has 0 bridgehead atoms. The number of aliphatic hydroxyl groups excluding tert-OH is 1. The quantitative estimate of drug-likeness (QED) is 0.323. The van der Waals surface area contributed by atoms with Crippen LogP contribution < -0.4 is 5.32 Å². The van der Waals surface area contributed by atoms with Gasteiger partial charge in [0.2, 0.25) is 0 Å². The number of piperidine rings is 1. The van der Waals surface area contributed by atoms with Crippen molar-refractivity contribution in [3.05, 3.63) is 77.7 Å². The summed E-state index contributed by atoms with van der Waals surface area (Å²) in [6.07, 6.45) is 5.81. The molecule has 8 nitrogen and oxygen atoms in total. The number of carboxylic acid groups (broad SMARTS) is 1. The predicted molar refractivity (Wildman–Crippen MR) is 145 cm³/mol. The number of fused-ring (bicyclic) bond motifs is 1. The van der Waals surface area contributed by atoms with Gasteiger partial charge in [0.1, 0.15) is 11.5 Å². The summed E-state index contributed by atoms with van der Waals surface area (Å²) in [6.45, 7) is 4.77. The van der Waals surface area contributed by atoms with Gasteiger partial charge in [0.15, 0.2) is 0 Å². The van der Waals surface area contributed by atoms with E-state index in [2.05, 4.69) is 44.8 Å². The molecule has 3 aromatic heterocycles. The van der Waals surface area contributed by atoms with Crippen molar-refractivity contribution >= 4 is 22.8 Å². The molecule has 1 aliphatic rings. The number of aryl methyl sites for hydroxylation is 1. The molecule has 1 aliphatic heterocycles. The fourth-order valence-electron chi connectivity index (χ4n) is 5.44. The lowest BCUT2D eigenvalue weighted by Gasteiger charge is -2.36. The molecule has 192 valence electrons. The molecule has 0 unspecified atom stereocenters. The number of aromatic carboxylic acids is 1. The van der Waals surface area contributed by atoms with Gasteiger partial charge in [-0.1, -0.05) is 12.1 Å². The molecular formula is C29H33N5O3. The minimum atomic E-state index is -0.883. The number of aromatic nitrogens is 3. The Morgan fingerprint density at radius 1 is 1.11 bits per heavy atom. The second-order valence-corrected chi connectivity index (χ2v) is 9.72. The summed E-state index contributed by atoms with van der Waals surface area (Å²) in [5.74, 6) is 0.312. The summed E-state index contributed by atoms with van der Waals surface area (Å²) < 4.78 is 2.20. The number of benzene rings is 1. The Labute approximate surface area is 216 Å². The Morgan fingerprint density at radius 3 is 2.51 bits per heavy atom. The number of anilines is 1. The van der Waals surface area contributed by atoms with Crippen molar-refractivity contribution in [1.82, 2.24) is 19.4 Å². The molecule has 4 aromatic rings. The standard InChI is InChI=1S/C29H33N5O3/c1-19(34-14-10-21(11-15-34)20-3-5-22(6-4-20)29(36)37)26-17-25-24(9-12-31-28(25)33(26)2)23-7-8-27(32-18-23)30-13-16-35/h3-9,12,17-19,21,35H,10-11,13-16H2,1-2H3,(H,30,32)(H,36,37)/t19-/m0/s1. The van der Waals surface area contributed by atoms with Crippen LogP contribution in [0.4, 0.5) is 5.82 Å². The summed E-state index contributed by atoms with van der Waals surface area (Å²) >= 11 is 0. The summed E-state index contributed by atoms with van der Waals surface area (Å²) in [4.78, 5) is 22.9. The normalized spacial score (nSPS) is 15.6. The monoisotopic (exact) mass is 499 g/mol. The van der Waals surface area contributed by atoms with Crippen LogP contribution in [0.2, 0.25) is 0 Å². The van der Waals surface area contributed by atoms with Crippen molar-refractivity contribution in [2.45, 2.75) is 31.7 Å². The highest BCUT2D eigenvalue weighted by molar-refractivity contribution is 5.94. The van der Waals surface area contributed by atoms with E-state index in [-0.39, 0.29) is 12.6 Å². The molecule has 8 heteroatoms. The first kappa shape index (κ1) is 24.9. The van der Waals surface area contributed by atoms with E-state index in [1.165, 1.54) is 11.3 Å². The van der Waals surface area contributed by atoms with Gasteiger partial charge in [0, 0.05) is 48.7 Å². The smallest absolute Gasteiger partial charge is 0.335 e. The number of pyridine rings is 2. The molecule has 0 amide bonds. The molecule has 0 saturated carbocycles. The first-order valence-corrected chi connectivity index (χ1v) is 12.8. The number of hydrogen-bond donors (Lipinski definition) is 3. The fourth-order valence-corrected chi connectivity index (χ4v) is 5.44. The van der Waals surface area contributed by atoms with Gasteiger partial charge in [-0.15, -0.1) is 0 Å². The topological polar surface area (TPSA) is 104 Å². The third-order valence-corrected chi connectivity index (χ3v) is 7.59. The lowest BCUT2D eigenvalue weighted by Crippen LogP contribution is -2.35. The molecule has 37 heavy (non-hydrogen) atoms. The molecule has 1 atom stereocenters. The van der Waals surface area contributed by atoms with Gasteiger partial charge in [0.25, 0.3) is 0 Å². The van der Waals surface area contributed by atoms with Gasteiger partial charge in [-0.25, -0.2) is 14.8 Å². The van der Waals surface area contributed by atoms with Gasteiger partial charge < -0.3 is 20.1 Å². The van der Waals surface area contributed by atoms with Crippen molar-refractivity contribution in [3.8, 4) is 11.1 Å². The van der Waals surface area contributed by atoms with Crippen molar-refractivity contribution in [1.29, 1.82) is 0 Å². The molecule has 0 radical (unpaired) electrons. The highest BCUT2D eigenvalue weighted by Crippen LogP contribution is 2.36. The highest BCUT2D eigenvalue weighted by atomic mass is 16.4. The lowest BCUT2D eigenvalue weighted by molar-refractivity contribution is 0.0697. The van der Waals surface area contributed by atoms with Crippen LogP contribution in [-0.2, 0) is 7.05 Å². The Bertz CT molecular complexity index is 1370. The van der Waals surface area contributed by atoms with Crippen molar-refractivity contribution in [3.63, 3.8) is 0 Å². The molecule has 0 aliphatic carbocycles. The SMILES string of the molecule is C[C@@H](c1cc2c(-c3ccc(NCCO)nc3)ccnc2n1C)N1CCC(c2ccc(C(=O)O)cc2)CC1. The summed E-state index contributed by atoms with van der Waals surface area (Å²) in [7, 11) is 2.09. The first-order chi connectivity index (χ1) is 18.0. The number of aliphatic hydroxyl groups is 1. The van der Waals surface area contributed by atoms with E-state index in [1.54, 1.807) is 12.1 Å². The van der Waals surface area contributed by atoms with Crippen LogP contribution in [0, 0.1) is 0 Å². The second kappa shape index (κ2) is 10.7.